The van der Waals surface area contributed by atoms with E-state index in [9.17, 15) is 5.11 Å². The number of pyridine rings is 1. The average molecular weight is 301 g/mol. The molecule has 1 saturated heterocycles. The molecule has 1 saturated carbocycles. The first-order valence-corrected chi connectivity index (χ1v) is 7.52. The van der Waals surface area contributed by atoms with Gasteiger partial charge < -0.3 is 5.11 Å². The fourth-order valence-corrected chi connectivity index (χ4v) is 4.10. The van der Waals surface area contributed by atoms with Crippen LogP contribution in [-0.2, 0) is 6.54 Å². The molecule has 1 aromatic heterocycles. The third-order valence-electron chi connectivity index (χ3n) is 4.42. The number of aromatic nitrogens is 1. The number of likely N-dealkylation sites (tertiary alicyclic amines) is 1. The lowest BCUT2D eigenvalue weighted by Gasteiger charge is -2.19. The summed E-state index contributed by atoms with van der Waals surface area (Å²) in [6.07, 6.45) is 1.96. The number of aliphatic hydroxyl groups is 1. The highest BCUT2D eigenvalue weighted by atomic mass is 35.5. The van der Waals surface area contributed by atoms with Gasteiger partial charge in [0.15, 0.2) is 0 Å². The predicted molar refractivity (Wildman–Crippen MR) is 76.5 cm³/mol. The van der Waals surface area contributed by atoms with Crippen molar-refractivity contribution in [3.05, 3.63) is 27.5 Å². The molecule has 2 aliphatic rings. The molecule has 0 radical (unpaired) electrons. The van der Waals surface area contributed by atoms with E-state index < -0.39 is 0 Å². The quantitative estimate of drug-likeness (QED) is 0.853. The lowest BCUT2D eigenvalue weighted by atomic mass is 10.00. The Balaban J connectivity index is 1.73. The second-order valence-corrected chi connectivity index (χ2v) is 6.54. The van der Waals surface area contributed by atoms with Crippen LogP contribution in [0.1, 0.15) is 24.1 Å². The van der Waals surface area contributed by atoms with Gasteiger partial charge in [-0.25, -0.2) is 4.98 Å². The standard InChI is InChI=1S/C14H18Cl2N2O/c1-8-4-12(15)11(14(16)17-8)7-18-5-9-2-3-13(19)10(9)6-18/h4,9-10,13,19H,2-3,5-7H2,1H3. The van der Waals surface area contributed by atoms with Crippen molar-refractivity contribution >= 4 is 23.2 Å². The van der Waals surface area contributed by atoms with E-state index in [-0.39, 0.29) is 6.10 Å². The minimum absolute atomic E-state index is 0.128. The summed E-state index contributed by atoms with van der Waals surface area (Å²) in [5.41, 5.74) is 1.75. The van der Waals surface area contributed by atoms with Gasteiger partial charge in [0.2, 0.25) is 0 Å². The molecule has 3 atom stereocenters. The van der Waals surface area contributed by atoms with Gasteiger partial charge in [-0.05, 0) is 31.7 Å². The van der Waals surface area contributed by atoms with Crippen molar-refractivity contribution < 1.29 is 5.11 Å². The Morgan fingerprint density at radius 2 is 2.16 bits per heavy atom. The Kier molecular flexibility index (Phi) is 3.73. The van der Waals surface area contributed by atoms with Gasteiger partial charge in [0, 0.05) is 41.8 Å². The van der Waals surface area contributed by atoms with Crippen LogP contribution in [0, 0.1) is 18.8 Å². The van der Waals surface area contributed by atoms with Crippen LogP contribution in [0.5, 0.6) is 0 Å². The number of nitrogens with zero attached hydrogens (tertiary/aromatic N) is 2. The molecule has 0 aromatic carbocycles. The minimum Gasteiger partial charge on any atom is -0.393 e. The maximum atomic E-state index is 9.94. The van der Waals surface area contributed by atoms with E-state index in [0.29, 0.717) is 22.0 Å². The molecule has 0 bridgehead atoms. The molecule has 1 aliphatic heterocycles. The molecule has 3 rings (SSSR count). The second kappa shape index (κ2) is 5.21. The highest BCUT2D eigenvalue weighted by Crippen LogP contribution is 2.39. The first kappa shape index (κ1) is 13.6. The highest BCUT2D eigenvalue weighted by molar-refractivity contribution is 6.35. The highest BCUT2D eigenvalue weighted by Gasteiger charge is 2.41. The maximum absolute atomic E-state index is 9.94. The van der Waals surface area contributed by atoms with E-state index in [4.69, 9.17) is 23.2 Å². The van der Waals surface area contributed by atoms with Crippen LogP contribution in [0.2, 0.25) is 10.2 Å². The van der Waals surface area contributed by atoms with Gasteiger partial charge in [-0.3, -0.25) is 4.90 Å². The molecular formula is C14H18Cl2N2O. The normalized spacial score (nSPS) is 30.8. The smallest absolute Gasteiger partial charge is 0.135 e. The third kappa shape index (κ3) is 2.62. The number of aliphatic hydroxyl groups excluding tert-OH is 1. The van der Waals surface area contributed by atoms with E-state index in [1.165, 1.54) is 0 Å². The topological polar surface area (TPSA) is 36.4 Å². The van der Waals surface area contributed by atoms with E-state index in [0.717, 1.165) is 43.7 Å². The van der Waals surface area contributed by atoms with Crippen molar-refractivity contribution in [1.82, 2.24) is 9.88 Å². The summed E-state index contributed by atoms with van der Waals surface area (Å²) < 4.78 is 0. The second-order valence-electron chi connectivity index (χ2n) is 5.78. The number of hydrogen-bond donors (Lipinski definition) is 1. The zero-order chi connectivity index (χ0) is 13.6. The zero-order valence-electron chi connectivity index (χ0n) is 10.9. The molecule has 3 unspecified atom stereocenters. The molecule has 104 valence electrons. The molecule has 2 heterocycles. The Labute approximate surface area is 123 Å². The van der Waals surface area contributed by atoms with E-state index in [1.807, 2.05) is 13.0 Å². The number of hydrogen-bond acceptors (Lipinski definition) is 3. The van der Waals surface area contributed by atoms with Crippen molar-refractivity contribution in [2.24, 2.45) is 11.8 Å². The SMILES string of the molecule is Cc1cc(Cl)c(CN2CC3CCC(O)C3C2)c(Cl)n1. The first-order valence-electron chi connectivity index (χ1n) is 6.76. The molecule has 1 aromatic rings. The van der Waals surface area contributed by atoms with Crippen LogP contribution in [0.15, 0.2) is 6.07 Å². The molecule has 0 amide bonds. The predicted octanol–water partition coefficient (Wildman–Crippen LogP) is 2.90. The molecule has 1 aliphatic carbocycles. The lowest BCUT2D eigenvalue weighted by molar-refractivity contribution is 0.123. The Morgan fingerprint density at radius 1 is 1.37 bits per heavy atom. The molecule has 5 heteroatoms. The van der Waals surface area contributed by atoms with Gasteiger partial charge in [0.25, 0.3) is 0 Å². The van der Waals surface area contributed by atoms with E-state index in [1.54, 1.807) is 0 Å². The van der Waals surface area contributed by atoms with Gasteiger partial charge in [-0.2, -0.15) is 0 Å². The summed E-state index contributed by atoms with van der Waals surface area (Å²) in [4.78, 5) is 6.60. The van der Waals surface area contributed by atoms with Crippen molar-refractivity contribution in [1.29, 1.82) is 0 Å². The average Bonchev–Trinajstić information content (AvgIpc) is 2.86. The summed E-state index contributed by atoms with van der Waals surface area (Å²) in [6, 6.07) is 1.86. The van der Waals surface area contributed by atoms with Crippen LogP contribution in [0.25, 0.3) is 0 Å². The number of aryl methyl sites for hydroxylation is 1. The van der Waals surface area contributed by atoms with Gasteiger partial charge >= 0.3 is 0 Å². The van der Waals surface area contributed by atoms with Crippen LogP contribution in [0.3, 0.4) is 0 Å². The van der Waals surface area contributed by atoms with Gasteiger partial charge in [0.05, 0.1) is 6.10 Å². The number of fused-ring (bicyclic) bond motifs is 1. The first-order chi connectivity index (χ1) is 9.04. The van der Waals surface area contributed by atoms with Gasteiger partial charge in [-0.1, -0.05) is 23.2 Å². The molecule has 1 N–H and O–H groups in total. The fraction of sp³-hybridized carbons (Fsp3) is 0.643. The molecule has 3 nitrogen and oxygen atoms in total. The fourth-order valence-electron chi connectivity index (χ4n) is 3.45. The molecule has 19 heavy (non-hydrogen) atoms. The monoisotopic (exact) mass is 300 g/mol. The Bertz CT molecular complexity index is 471. The van der Waals surface area contributed by atoms with Crippen molar-refractivity contribution in [2.45, 2.75) is 32.4 Å². The van der Waals surface area contributed by atoms with Gasteiger partial charge in [0.1, 0.15) is 5.15 Å². The van der Waals surface area contributed by atoms with Gasteiger partial charge in [-0.15, -0.1) is 0 Å². The maximum Gasteiger partial charge on any atom is 0.135 e. The minimum atomic E-state index is -0.128. The lowest BCUT2D eigenvalue weighted by Crippen LogP contribution is -2.24. The summed E-state index contributed by atoms with van der Waals surface area (Å²) >= 11 is 12.5. The largest absolute Gasteiger partial charge is 0.393 e. The van der Waals surface area contributed by atoms with Crippen LogP contribution in [0.4, 0.5) is 0 Å². The van der Waals surface area contributed by atoms with Crippen LogP contribution < -0.4 is 0 Å². The number of halogens is 2. The zero-order valence-corrected chi connectivity index (χ0v) is 12.5. The molecule has 0 spiro atoms. The summed E-state index contributed by atoms with van der Waals surface area (Å²) in [6.45, 7) is 4.58. The Hall–Kier alpha value is -0.350. The van der Waals surface area contributed by atoms with Crippen LogP contribution in [-0.4, -0.2) is 34.2 Å². The summed E-state index contributed by atoms with van der Waals surface area (Å²) in [5, 5.41) is 11.1. The Morgan fingerprint density at radius 3 is 2.84 bits per heavy atom. The third-order valence-corrected chi connectivity index (χ3v) is 5.07. The van der Waals surface area contributed by atoms with Crippen molar-refractivity contribution in [3.63, 3.8) is 0 Å². The van der Waals surface area contributed by atoms with Crippen molar-refractivity contribution in [3.8, 4) is 0 Å². The van der Waals surface area contributed by atoms with Crippen molar-refractivity contribution in [2.75, 3.05) is 13.1 Å². The number of rotatable bonds is 2. The van der Waals surface area contributed by atoms with E-state index >= 15 is 0 Å². The summed E-state index contributed by atoms with van der Waals surface area (Å²) in [7, 11) is 0. The van der Waals surface area contributed by atoms with Crippen LogP contribution >= 0.6 is 23.2 Å². The summed E-state index contributed by atoms with van der Waals surface area (Å²) in [5.74, 6) is 1.06. The molecular weight excluding hydrogens is 283 g/mol. The molecule has 2 fully saturated rings. The van der Waals surface area contributed by atoms with E-state index in [2.05, 4.69) is 9.88 Å².